The zero-order chi connectivity index (χ0) is 13.0. The molecule has 0 radical (unpaired) electrons. The molecule has 18 heavy (non-hydrogen) atoms. The number of H-pyrrole nitrogens is 1. The summed E-state index contributed by atoms with van der Waals surface area (Å²) < 4.78 is 5.07. The van der Waals surface area contributed by atoms with E-state index in [2.05, 4.69) is 15.5 Å². The minimum absolute atomic E-state index is 0.161. The number of aromatic hydroxyl groups is 1. The van der Waals surface area contributed by atoms with E-state index in [4.69, 9.17) is 4.74 Å². The summed E-state index contributed by atoms with van der Waals surface area (Å²) in [5.41, 5.74) is 1.89. The molecule has 0 aliphatic rings. The van der Waals surface area contributed by atoms with Crippen molar-refractivity contribution in [2.75, 3.05) is 7.11 Å². The molecule has 0 saturated heterocycles. The van der Waals surface area contributed by atoms with Crippen molar-refractivity contribution in [1.82, 2.24) is 15.5 Å². The fourth-order valence-electron chi connectivity index (χ4n) is 1.75. The second-order valence-electron chi connectivity index (χ2n) is 4.10. The van der Waals surface area contributed by atoms with Gasteiger partial charge in [-0.25, -0.2) is 0 Å². The van der Waals surface area contributed by atoms with Gasteiger partial charge in [-0.3, -0.25) is 5.10 Å². The van der Waals surface area contributed by atoms with E-state index in [1.165, 1.54) is 0 Å². The molecule has 0 saturated carbocycles. The van der Waals surface area contributed by atoms with Crippen LogP contribution < -0.4 is 10.1 Å². The SMILES string of the molecule is COc1cccc(CNC(C)c2cn[nH]c2)c1O. The highest BCUT2D eigenvalue weighted by Gasteiger charge is 2.10. The molecule has 1 aromatic heterocycles. The Labute approximate surface area is 106 Å². The van der Waals surface area contributed by atoms with Gasteiger partial charge in [0.2, 0.25) is 0 Å². The molecule has 0 aliphatic carbocycles. The van der Waals surface area contributed by atoms with Crippen LogP contribution in [0.25, 0.3) is 0 Å². The Morgan fingerprint density at radius 3 is 3.00 bits per heavy atom. The van der Waals surface area contributed by atoms with E-state index in [1.807, 2.05) is 25.3 Å². The maximum Gasteiger partial charge on any atom is 0.162 e. The highest BCUT2D eigenvalue weighted by atomic mass is 16.5. The molecule has 0 fully saturated rings. The first-order valence-electron chi connectivity index (χ1n) is 5.79. The number of methoxy groups -OCH3 is 1. The first kappa shape index (κ1) is 12.4. The number of nitrogens with one attached hydrogen (secondary N) is 2. The van der Waals surface area contributed by atoms with Crippen molar-refractivity contribution in [2.45, 2.75) is 19.5 Å². The van der Waals surface area contributed by atoms with Crippen LogP contribution in [0.3, 0.4) is 0 Å². The summed E-state index contributed by atoms with van der Waals surface area (Å²) in [4.78, 5) is 0. The number of phenolic OH excluding ortho intramolecular Hbond substituents is 1. The summed E-state index contributed by atoms with van der Waals surface area (Å²) in [5.74, 6) is 0.678. The van der Waals surface area contributed by atoms with Crippen LogP contribution in [0, 0.1) is 0 Å². The third kappa shape index (κ3) is 2.62. The smallest absolute Gasteiger partial charge is 0.162 e. The molecule has 1 unspecified atom stereocenters. The number of rotatable bonds is 5. The van der Waals surface area contributed by atoms with Crippen molar-refractivity contribution >= 4 is 0 Å². The standard InChI is InChI=1S/C13H17N3O2/c1-9(11-7-15-16-8-11)14-6-10-4-3-5-12(18-2)13(10)17/h3-5,7-9,14,17H,6H2,1-2H3,(H,15,16). The lowest BCUT2D eigenvalue weighted by atomic mass is 10.1. The molecule has 0 amide bonds. The Morgan fingerprint density at radius 2 is 2.33 bits per heavy atom. The van der Waals surface area contributed by atoms with Crippen LogP contribution in [0.15, 0.2) is 30.6 Å². The van der Waals surface area contributed by atoms with Gasteiger partial charge in [-0.15, -0.1) is 0 Å². The van der Waals surface area contributed by atoms with Gasteiger partial charge in [0.05, 0.1) is 13.3 Å². The lowest BCUT2D eigenvalue weighted by Crippen LogP contribution is -2.17. The summed E-state index contributed by atoms with van der Waals surface area (Å²) in [6.07, 6.45) is 3.63. The largest absolute Gasteiger partial charge is 0.504 e. The Hall–Kier alpha value is -2.01. The van der Waals surface area contributed by atoms with Crippen molar-refractivity contribution in [3.8, 4) is 11.5 Å². The van der Waals surface area contributed by atoms with Gasteiger partial charge in [-0.05, 0) is 13.0 Å². The van der Waals surface area contributed by atoms with Crippen molar-refractivity contribution in [3.05, 3.63) is 41.7 Å². The molecule has 1 atom stereocenters. The number of phenols is 1. The monoisotopic (exact) mass is 247 g/mol. The van der Waals surface area contributed by atoms with Gasteiger partial charge in [0.15, 0.2) is 11.5 Å². The van der Waals surface area contributed by atoms with Gasteiger partial charge in [-0.2, -0.15) is 5.10 Å². The summed E-state index contributed by atoms with van der Waals surface area (Å²) >= 11 is 0. The minimum Gasteiger partial charge on any atom is -0.504 e. The average Bonchev–Trinajstić information content (AvgIpc) is 2.91. The predicted octanol–water partition coefficient (Wildman–Crippen LogP) is 1.97. The normalized spacial score (nSPS) is 12.3. The number of aromatic nitrogens is 2. The summed E-state index contributed by atoms with van der Waals surface area (Å²) in [7, 11) is 1.54. The quantitative estimate of drug-likeness (QED) is 0.755. The van der Waals surface area contributed by atoms with E-state index in [0.717, 1.165) is 11.1 Å². The number of para-hydroxylation sites is 1. The van der Waals surface area contributed by atoms with Gasteiger partial charge < -0.3 is 15.2 Å². The zero-order valence-electron chi connectivity index (χ0n) is 10.5. The Morgan fingerprint density at radius 1 is 1.50 bits per heavy atom. The lowest BCUT2D eigenvalue weighted by Gasteiger charge is -2.14. The summed E-state index contributed by atoms with van der Waals surface area (Å²) in [5, 5.41) is 20.0. The molecule has 5 nitrogen and oxygen atoms in total. The molecule has 2 aromatic rings. The van der Waals surface area contributed by atoms with E-state index < -0.39 is 0 Å². The van der Waals surface area contributed by atoms with Crippen LogP contribution in [-0.4, -0.2) is 22.4 Å². The Balaban J connectivity index is 2.02. The molecule has 0 bridgehead atoms. The summed E-state index contributed by atoms with van der Waals surface area (Å²) in [6.45, 7) is 2.61. The number of nitrogens with zero attached hydrogens (tertiary/aromatic N) is 1. The topological polar surface area (TPSA) is 70.2 Å². The van der Waals surface area contributed by atoms with E-state index in [0.29, 0.717) is 12.3 Å². The lowest BCUT2D eigenvalue weighted by molar-refractivity contribution is 0.369. The van der Waals surface area contributed by atoms with Gasteiger partial charge in [0.1, 0.15) is 0 Å². The van der Waals surface area contributed by atoms with Crippen LogP contribution in [-0.2, 0) is 6.54 Å². The first-order chi connectivity index (χ1) is 8.72. The van der Waals surface area contributed by atoms with Crippen LogP contribution in [0.5, 0.6) is 11.5 Å². The van der Waals surface area contributed by atoms with Crippen molar-refractivity contribution < 1.29 is 9.84 Å². The third-order valence-corrected chi connectivity index (χ3v) is 2.92. The molecule has 1 heterocycles. The van der Waals surface area contributed by atoms with Gasteiger partial charge in [0.25, 0.3) is 0 Å². The fraction of sp³-hybridized carbons (Fsp3) is 0.308. The Kier molecular flexibility index (Phi) is 3.84. The molecule has 2 rings (SSSR count). The molecule has 0 spiro atoms. The van der Waals surface area contributed by atoms with Crippen LogP contribution in [0.2, 0.25) is 0 Å². The fourth-order valence-corrected chi connectivity index (χ4v) is 1.75. The maximum absolute atomic E-state index is 9.95. The highest BCUT2D eigenvalue weighted by Crippen LogP contribution is 2.29. The number of hydrogen-bond donors (Lipinski definition) is 3. The highest BCUT2D eigenvalue weighted by molar-refractivity contribution is 5.45. The molecule has 3 N–H and O–H groups in total. The van der Waals surface area contributed by atoms with Crippen molar-refractivity contribution in [1.29, 1.82) is 0 Å². The minimum atomic E-state index is 0.161. The maximum atomic E-state index is 9.95. The number of ether oxygens (including phenoxy) is 1. The van der Waals surface area contributed by atoms with Gasteiger partial charge in [-0.1, -0.05) is 12.1 Å². The molecule has 1 aromatic carbocycles. The first-order valence-corrected chi connectivity index (χ1v) is 5.79. The zero-order valence-corrected chi connectivity index (χ0v) is 10.5. The van der Waals surface area contributed by atoms with Crippen molar-refractivity contribution in [3.63, 3.8) is 0 Å². The van der Waals surface area contributed by atoms with E-state index in [-0.39, 0.29) is 11.8 Å². The van der Waals surface area contributed by atoms with Crippen LogP contribution >= 0.6 is 0 Å². The molecular formula is C13H17N3O2. The van der Waals surface area contributed by atoms with Crippen LogP contribution in [0.4, 0.5) is 0 Å². The number of aromatic amines is 1. The van der Waals surface area contributed by atoms with E-state index in [1.54, 1.807) is 19.4 Å². The summed E-state index contributed by atoms with van der Waals surface area (Å²) in [6, 6.07) is 5.62. The predicted molar refractivity (Wildman–Crippen MR) is 68.5 cm³/mol. The second kappa shape index (κ2) is 5.55. The van der Waals surface area contributed by atoms with E-state index in [9.17, 15) is 5.11 Å². The van der Waals surface area contributed by atoms with Crippen molar-refractivity contribution in [2.24, 2.45) is 0 Å². The Bertz CT molecular complexity index is 497. The number of hydrogen-bond acceptors (Lipinski definition) is 4. The molecular weight excluding hydrogens is 230 g/mol. The molecule has 5 heteroatoms. The second-order valence-corrected chi connectivity index (χ2v) is 4.10. The molecule has 0 aliphatic heterocycles. The van der Waals surface area contributed by atoms with Crippen LogP contribution in [0.1, 0.15) is 24.1 Å². The molecule has 96 valence electrons. The van der Waals surface area contributed by atoms with Gasteiger partial charge in [0, 0.05) is 29.9 Å². The van der Waals surface area contributed by atoms with E-state index >= 15 is 0 Å². The third-order valence-electron chi connectivity index (χ3n) is 2.92. The number of benzene rings is 1. The average molecular weight is 247 g/mol. The van der Waals surface area contributed by atoms with Gasteiger partial charge >= 0.3 is 0 Å².